The van der Waals surface area contributed by atoms with Gasteiger partial charge in [0.25, 0.3) is 0 Å². The fraction of sp³-hybridized carbons (Fsp3) is 0.0500. The van der Waals surface area contributed by atoms with Crippen LogP contribution < -0.4 is 5.63 Å². The number of benzene rings is 3. The molecule has 0 bridgehead atoms. The topological polar surface area (TPSA) is 30.2 Å². The molecule has 0 fully saturated rings. The number of rotatable bonds is 1. The number of hydrogen-bond donors (Lipinski definition) is 0. The molecule has 4 rings (SSSR count). The molecule has 3 aromatic carbocycles. The molecule has 0 saturated carbocycles. The van der Waals surface area contributed by atoms with Crippen molar-refractivity contribution in [3.05, 3.63) is 81.1 Å². The summed E-state index contributed by atoms with van der Waals surface area (Å²) in [5.74, 6) is 0. The zero-order valence-electron chi connectivity index (χ0n) is 12.5. The lowest BCUT2D eigenvalue weighted by Gasteiger charge is -2.10. The zero-order chi connectivity index (χ0) is 16.0. The maximum atomic E-state index is 12.6. The quantitative estimate of drug-likeness (QED) is 0.406. The average Bonchev–Trinajstić information content (AvgIpc) is 2.56. The van der Waals surface area contributed by atoms with Gasteiger partial charge in [-0.05, 0) is 47.0 Å². The van der Waals surface area contributed by atoms with Crippen molar-refractivity contribution in [1.29, 1.82) is 0 Å². The molecule has 2 nitrogen and oxygen atoms in total. The van der Waals surface area contributed by atoms with Gasteiger partial charge in [0.15, 0.2) is 0 Å². The SMILES string of the molecule is Cc1c(-c2cccc3ccccc23)c(=O)oc2ccc(Br)cc12. The van der Waals surface area contributed by atoms with Gasteiger partial charge < -0.3 is 4.42 Å². The Morgan fingerprint density at radius 2 is 1.70 bits per heavy atom. The summed E-state index contributed by atoms with van der Waals surface area (Å²) in [6, 6.07) is 19.8. The Bertz CT molecular complexity index is 1100. The van der Waals surface area contributed by atoms with Crippen molar-refractivity contribution >= 4 is 37.7 Å². The smallest absolute Gasteiger partial charge is 0.344 e. The largest absolute Gasteiger partial charge is 0.422 e. The molecule has 3 heteroatoms. The first-order chi connectivity index (χ1) is 11.1. The van der Waals surface area contributed by atoms with Gasteiger partial charge in [-0.2, -0.15) is 0 Å². The molecule has 1 heterocycles. The molecule has 0 spiro atoms. The highest BCUT2D eigenvalue weighted by molar-refractivity contribution is 9.10. The second kappa shape index (κ2) is 5.36. The standard InChI is InChI=1S/C20H13BrO2/c1-12-17-11-14(21)9-10-18(17)23-20(22)19(12)16-8-4-6-13-5-2-3-7-15(13)16/h2-11H,1H3. The van der Waals surface area contributed by atoms with Crippen molar-refractivity contribution in [2.24, 2.45) is 0 Å². The van der Waals surface area contributed by atoms with Gasteiger partial charge in [-0.25, -0.2) is 4.79 Å². The Kier molecular flexibility index (Phi) is 3.31. The van der Waals surface area contributed by atoms with Crippen LogP contribution in [0.1, 0.15) is 5.56 Å². The van der Waals surface area contributed by atoms with Crippen molar-refractivity contribution in [1.82, 2.24) is 0 Å². The average molecular weight is 365 g/mol. The molecule has 0 N–H and O–H groups in total. The van der Waals surface area contributed by atoms with E-state index in [0.717, 1.165) is 31.8 Å². The summed E-state index contributed by atoms with van der Waals surface area (Å²) >= 11 is 3.49. The van der Waals surface area contributed by atoms with Crippen molar-refractivity contribution in [3.8, 4) is 11.1 Å². The predicted octanol–water partition coefficient (Wildman–Crippen LogP) is 5.68. The summed E-state index contributed by atoms with van der Waals surface area (Å²) in [4.78, 5) is 12.6. The second-order valence-electron chi connectivity index (χ2n) is 5.56. The Morgan fingerprint density at radius 1 is 0.913 bits per heavy atom. The van der Waals surface area contributed by atoms with E-state index in [2.05, 4.69) is 15.9 Å². The lowest BCUT2D eigenvalue weighted by atomic mass is 9.95. The normalized spacial score (nSPS) is 11.2. The Morgan fingerprint density at radius 3 is 2.57 bits per heavy atom. The van der Waals surface area contributed by atoms with Gasteiger partial charge in [0.2, 0.25) is 0 Å². The lowest BCUT2D eigenvalue weighted by Crippen LogP contribution is -2.06. The molecule has 23 heavy (non-hydrogen) atoms. The number of aryl methyl sites for hydroxylation is 1. The van der Waals surface area contributed by atoms with Crippen LogP contribution in [0, 0.1) is 6.92 Å². The van der Waals surface area contributed by atoms with Gasteiger partial charge in [0.05, 0.1) is 5.56 Å². The number of hydrogen-bond acceptors (Lipinski definition) is 2. The van der Waals surface area contributed by atoms with E-state index >= 15 is 0 Å². The van der Waals surface area contributed by atoms with Gasteiger partial charge in [0, 0.05) is 9.86 Å². The maximum Gasteiger partial charge on any atom is 0.344 e. The van der Waals surface area contributed by atoms with Gasteiger partial charge in [0.1, 0.15) is 5.58 Å². The minimum atomic E-state index is -0.298. The highest BCUT2D eigenvalue weighted by Crippen LogP contribution is 2.32. The van der Waals surface area contributed by atoms with Crippen LogP contribution in [0.3, 0.4) is 0 Å². The minimum Gasteiger partial charge on any atom is -0.422 e. The monoisotopic (exact) mass is 364 g/mol. The Labute approximate surface area is 141 Å². The van der Waals surface area contributed by atoms with Gasteiger partial charge in [-0.3, -0.25) is 0 Å². The summed E-state index contributed by atoms with van der Waals surface area (Å²) in [5.41, 5.74) is 2.80. The molecular weight excluding hydrogens is 352 g/mol. The summed E-state index contributed by atoms with van der Waals surface area (Å²) < 4.78 is 6.52. The highest BCUT2D eigenvalue weighted by Gasteiger charge is 2.15. The van der Waals surface area contributed by atoms with Crippen molar-refractivity contribution in [3.63, 3.8) is 0 Å². The van der Waals surface area contributed by atoms with E-state index in [4.69, 9.17) is 4.42 Å². The van der Waals surface area contributed by atoms with Crippen LogP contribution in [-0.4, -0.2) is 0 Å². The van der Waals surface area contributed by atoms with E-state index in [1.807, 2.05) is 67.6 Å². The molecule has 0 unspecified atom stereocenters. The van der Waals surface area contributed by atoms with Gasteiger partial charge in [-0.1, -0.05) is 58.4 Å². The fourth-order valence-corrected chi connectivity index (χ4v) is 3.44. The second-order valence-corrected chi connectivity index (χ2v) is 6.47. The molecule has 0 saturated heterocycles. The van der Waals surface area contributed by atoms with Crippen LogP contribution in [0.4, 0.5) is 0 Å². The third kappa shape index (κ3) is 2.28. The molecule has 112 valence electrons. The highest BCUT2D eigenvalue weighted by atomic mass is 79.9. The first-order valence-corrected chi connectivity index (χ1v) is 8.15. The Balaban J connectivity index is 2.14. The fourth-order valence-electron chi connectivity index (χ4n) is 3.08. The summed E-state index contributed by atoms with van der Waals surface area (Å²) in [6.07, 6.45) is 0. The van der Waals surface area contributed by atoms with Crippen LogP contribution in [0.5, 0.6) is 0 Å². The first kappa shape index (κ1) is 14.2. The molecular formula is C20H13BrO2. The van der Waals surface area contributed by atoms with Crippen LogP contribution in [-0.2, 0) is 0 Å². The van der Waals surface area contributed by atoms with Crippen molar-refractivity contribution in [2.75, 3.05) is 0 Å². The summed E-state index contributed by atoms with van der Waals surface area (Å²) in [7, 11) is 0. The molecule has 0 aliphatic heterocycles. The third-order valence-electron chi connectivity index (χ3n) is 4.19. The number of fused-ring (bicyclic) bond motifs is 2. The summed E-state index contributed by atoms with van der Waals surface area (Å²) in [6.45, 7) is 1.98. The molecule has 0 radical (unpaired) electrons. The van der Waals surface area contributed by atoms with E-state index in [0.29, 0.717) is 11.1 Å². The summed E-state index contributed by atoms with van der Waals surface area (Å²) in [5, 5.41) is 3.11. The van der Waals surface area contributed by atoms with Crippen LogP contribution in [0.2, 0.25) is 0 Å². The number of halogens is 1. The van der Waals surface area contributed by atoms with Crippen LogP contribution >= 0.6 is 15.9 Å². The van der Waals surface area contributed by atoms with Gasteiger partial charge >= 0.3 is 5.63 Å². The molecule has 0 aliphatic carbocycles. The van der Waals surface area contributed by atoms with Crippen molar-refractivity contribution in [2.45, 2.75) is 6.92 Å². The molecule has 0 atom stereocenters. The molecule has 4 aromatic rings. The minimum absolute atomic E-state index is 0.298. The maximum absolute atomic E-state index is 12.6. The third-order valence-corrected chi connectivity index (χ3v) is 4.68. The van der Waals surface area contributed by atoms with Crippen molar-refractivity contribution < 1.29 is 4.42 Å². The van der Waals surface area contributed by atoms with Crippen LogP contribution in [0.25, 0.3) is 32.9 Å². The zero-order valence-corrected chi connectivity index (χ0v) is 14.1. The molecule has 0 aliphatic rings. The Hall–Kier alpha value is -2.39. The van der Waals surface area contributed by atoms with E-state index in [1.165, 1.54) is 0 Å². The lowest BCUT2D eigenvalue weighted by molar-refractivity contribution is 0.562. The van der Waals surface area contributed by atoms with E-state index in [9.17, 15) is 4.79 Å². The van der Waals surface area contributed by atoms with Crippen LogP contribution in [0.15, 0.2) is 74.3 Å². The van der Waals surface area contributed by atoms with E-state index in [1.54, 1.807) is 0 Å². The van der Waals surface area contributed by atoms with E-state index in [-0.39, 0.29) is 5.63 Å². The predicted molar refractivity (Wildman–Crippen MR) is 97.9 cm³/mol. The first-order valence-electron chi connectivity index (χ1n) is 7.36. The van der Waals surface area contributed by atoms with Gasteiger partial charge in [-0.15, -0.1) is 0 Å². The van der Waals surface area contributed by atoms with E-state index < -0.39 is 0 Å². The molecule has 1 aromatic heterocycles. The molecule has 0 amide bonds.